The van der Waals surface area contributed by atoms with Gasteiger partial charge in [-0.1, -0.05) is 5.16 Å². The first-order valence-corrected chi connectivity index (χ1v) is 8.03. The van der Waals surface area contributed by atoms with E-state index in [0.29, 0.717) is 18.8 Å². The molecule has 0 bridgehead atoms. The number of hydrogen-bond donors (Lipinski definition) is 2. The molecule has 1 saturated heterocycles. The van der Waals surface area contributed by atoms with E-state index in [2.05, 4.69) is 32.8 Å². The van der Waals surface area contributed by atoms with Crippen LogP contribution >= 0.6 is 0 Å². The van der Waals surface area contributed by atoms with Gasteiger partial charge < -0.3 is 20.1 Å². The molecular formula is C17H22N4O2. The smallest absolute Gasteiger partial charge is 0.226 e. The molecule has 2 aromatic rings. The summed E-state index contributed by atoms with van der Waals surface area (Å²) < 4.78 is 4.95. The fourth-order valence-corrected chi connectivity index (χ4v) is 2.71. The predicted molar refractivity (Wildman–Crippen MR) is 90.9 cm³/mol. The largest absolute Gasteiger partial charge is 0.372 e. The highest BCUT2D eigenvalue weighted by Crippen LogP contribution is 2.22. The predicted octanol–water partition coefficient (Wildman–Crippen LogP) is 3.02. The summed E-state index contributed by atoms with van der Waals surface area (Å²) in [5.41, 5.74) is 2.05. The Morgan fingerprint density at radius 3 is 2.65 bits per heavy atom. The van der Waals surface area contributed by atoms with Crippen molar-refractivity contribution >= 4 is 23.1 Å². The van der Waals surface area contributed by atoms with Gasteiger partial charge in [0, 0.05) is 43.5 Å². The standard InChI is InChI=1S/C17H22N4O2/c1-13-12-16(20-23-13)18-9-8-17(22)19-14-4-6-15(7-5-14)21-10-2-3-11-21/h4-7,12H,2-3,8-11H2,1H3,(H,18,20)(H,19,22). The highest BCUT2D eigenvalue weighted by molar-refractivity contribution is 5.91. The number of benzene rings is 1. The Bertz CT molecular complexity index is 645. The molecule has 1 aromatic heterocycles. The van der Waals surface area contributed by atoms with Crippen molar-refractivity contribution in [2.75, 3.05) is 35.2 Å². The minimum atomic E-state index is -0.0216. The molecule has 2 N–H and O–H groups in total. The number of amides is 1. The monoisotopic (exact) mass is 314 g/mol. The molecule has 1 amide bonds. The van der Waals surface area contributed by atoms with Crippen molar-refractivity contribution < 1.29 is 9.32 Å². The molecule has 2 heterocycles. The summed E-state index contributed by atoms with van der Waals surface area (Å²) in [5, 5.41) is 9.79. The summed E-state index contributed by atoms with van der Waals surface area (Å²) in [6.07, 6.45) is 2.90. The van der Waals surface area contributed by atoms with Crippen molar-refractivity contribution in [1.82, 2.24) is 5.16 Å². The van der Waals surface area contributed by atoms with E-state index in [0.717, 1.165) is 24.5 Å². The Balaban J connectivity index is 1.43. The molecule has 122 valence electrons. The number of carbonyl (C=O) groups is 1. The maximum Gasteiger partial charge on any atom is 0.226 e. The van der Waals surface area contributed by atoms with E-state index in [1.807, 2.05) is 19.1 Å². The number of carbonyl (C=O) groups excluding carboxylic acids is 1. The highest BCUT2D eigenvalue weighted by atomic mass is 16.5. The molecule has 1 aliphatic rings. The van der Waals surface area contributed by atoms with Crippen LogP contribution in [0.25, 0.3) is 0 Å². The van der Waals surface area contributed by atoms with Crippen LogP contribution < -0.4 is 15.5 Å². The van der Waals surface area contributed by atoms with Gasteiger partial charge in [0.1, 0.15) is 5.76 Å². The van der Waals surface area contributed by atoms with Gasteiger partial charge in [-0.3, -0.25) is 4.79 Å². The van der Waals surface area contributed by atoms with E-state index in [1.54, 1.807) is 6.07 Å². The van der Waals surface area contributed by atoms with E-state index in [1.165, 1.54) is 18.5 Å². The first-order valence-electron chi connectivity index (χ1n) is 8.03. The van der Waals surface area contributed by atoms with Crippen molar-refractivity contribution in [2.24, 2.45) is 0 Å². The van der Waals surface area contributed by atoms with Crippen LogP contribution in [0.1, 0.15) is 25.0 Å². The molecule has 0 atom stereocenters. The van der Waals surface area contributed by atoms with E-state index in [-0.39, 0.29) is 5.91 Å². The molecule has 3 rings (SSSR count). The van der Waals surface area contributed by atoms with Crippen molar-refractivity contribution in [3.05, 3.63) is 36.1 Å². The lowest BCUT2D eigenvalue weighted by Gasteiger charge is -2.17. The molecule has 0 spiro atoms. The van der Waals surface area contributed by atoms with Crippen LogP contribution in [-0.4, -0.2) is 30.7 Å². The van der Waals surface area contributed by atoms with E-state index in [9.17, 15) is 4.79 Å². The molecule has 6 nitrogen and oxygen atoms in total. The molecule has 6 heteroatoms. The Hall–Kier alpha value is -2.50. The van der Waals surface area contributed by atoms with Crippen molar-refractivity contribution in [2.45, 2.75) is 26.2 Å². The van der Waals surface area contributed by atoms with Gasteiger partial charge in [-0.05, 0) is 44.0 Å². The Kier molecular flexibility index (Phi) is 4.80. The fourth-order valence-electron chi connectivity index (χ4n) is 2.71. The summed E-state index contributed by atoms with van der Waals surface area (Å²) in [6, 6.07) is 9.85. The number of hydrogen-bond acceptors (Lipinski definition) is 5. The minimum Gasteiger partial charge on any atom is -0.372 e. The van der Waals surface area contributed by atoms with Gasteiger partial charge in [0.05, 0.1) is 0 Å². The van der Waals surface area contributed by atoms with Crippen LogP contribution in [0, 0.1) is 6.92 Å². The zero-order valence-electron chi connectivity index (χ0n) is 13.3. The van der Waals surface area contributed by atoms with Gasteiger partial charge in [0.2, 0.25) is 5.91 Å². The molecule has 0 radical (unpaired) electrons. The van der Waals surface area contributed by atoms with E-state index >= 15 is 0 Å². The number of aryl methyl sites for hydroxylation is 1. The van der Waals surface area contributed by atoms with Crippen LogP contribution in [0.3, 0.4) is 0 Å². The number of nitrogens with zero attached hydrogens (tertiary/aromatic N) is 2. The molecule has 1 aromatic carbocycles. The molecule has 0 aliphatic carbocycles. The van der Waals surface area contributed by atoms with Gasteiger partial charge in [0.15, 0.2) is 5.82 Å². The Morgan fingerprint density at radius 1 is 1.26 bits per heavy atom. The normalized spacial score (nSPS) is 14.0. The van der Waals surface area contributed by atoms with Crippen LogP contribution in [-0.2, 0) is 4.79 Å². The summed E-state index contributed by atoms with van der Waals surface area (Å²) in [5.74, 6) is 1.38. The van der Waals surface area contributed by atoms with Gasteiger partial charge in [-0.2, -0.15) is 0 Å². The molecule has 1 fully saturated rings. The van der Waals surface area contributed by atoms with Gasteiger partial charge in [0.25, 0.3) is 0 Å². The quantitative estimate of drug-likeness (QED) is 0.857. The zero-order valence-corrected chi connectivity index (χ0v) is 13.3. The summed E-state index contributed by atoms with van der Waals surface area (Å²) in [7, 11) is 0. The summed E-state index contributed by atoms with van der Waals surface area (Å²) in [4.78, 5) is 14.3. The van der Waals surface area contributed by atoms with Crippen LogP contribution in [0.4, 0.5) is 17.2 Å². The summed E-state index contributed by atoms with van der Waals surface area (Å²) in [6.45, 7) is 4.60. The van der Waals surface area contributed by atoms with Crippen molar-refractivity contribution in [3.63, 3.8) is 0 Å². The van der Waals surface area contributed by atoms with Gasteiger partial charge in [-0.15, -0.1) is 0 Å². The van der Waals surface area contributed by atoms with Crippen molar-refractivity contribution in [3.8, 4) is 0 Å². The minimum absolute atomic E-state index is 0.0216. The lowest BCUT2D eigenvalue weighted by atomic mass is 10.2. The average Bonchev–Trinajstić information content (AvgIpc) is 3.20. The lowest BCUT2D eigenvalue weighted by Crippen LogP contribution is -2.18. The average molecular weight is 314 g/mol. The van der Waals surface area contributed by atoms with E-state index in [4.69, 9.17) is 4.52 Å². The second-order valence-electron chi connectivity index (χ2n) is 5.79. The third-order valence-corrected chi connectivity index (χ3v) is 3.91. The lowest BCUT2D eigenvalue weighted by molar-refractivity contribution is -0.115. The van der Waals surface area contributed by atoms with Crippen molar-refractivity contribution in [1.29, 1.82) is 0 Å². The molecule has 0 unspecified atom stereocenters. The highest BCUT2D eigenvalue weighted by Gasteiger charge is 2.12. The topological polar surface area (TPSA) is 70.4 Å². The third-order valence-electron chi connectivity index (χ3n) is 3.91. The molecule has 1 aliphatic heterocycles. The fraction of sp³-hybridized carbons (Fsp3) is 0.412. The van der Waals surface area contributed by atoms with Crippen LogP contribution in [0.15, 0.2) is 34.9 Å². The van der Waals surface area contributed by atoms with E-state index < -0.39 is 0 Å². The maximum atomic E-state index is 11.9. The number of anilines is 3. The molecule has 0 saturated carbocycles. The van der Waals surface area contributed by atoms with Crippen LogP contribution in [0.5, 0.6) is 0 Å². The second-order valence-corrected chi connectivity index (χ2v) is 5.79. The first-order chi connectivity index (χ1) is 11.2. The van der Waals surface area contributed by atoms with Gasteiger partial charge >= 0.3 is 0 Å². The zero-order chi connectivity index (χ0) is 16.1. The summed E-state index contributed by atoms with van der Waals surface area (Å²) >= 11 is 0. The first kappa shape index (κ1) is 15.4. The Morgan fingerprint density at radius 2 is 2.00 bits per heavy atom. The number of nitrogens with one attached hydrogen (secondary N) is 2. The third kappa shape index (κ3) is 4.25. The molecular weight excluding hydrogens is 292 g/mol. The number of rotatable bonds is 6. The second kappa shape index (κ2) is 7.17. The van der Waals surface area contributed by atoms with Crippen LogP contribution in [0.2, 0.25) is 0 Å². The SMILES string of the molecule is Cc1cc(NCCC(=O)Nc2ccc(N3CCCC3)cc2)no1. The van der Waals surface area contributed by atoms with Gasteiger partial charge in [-0.25, -0.2) is 0 Å². The molecule has 23 heavy (non-hydrogen) atoms. The maximum absolute atomic E-state index is 11.9. The number of aromatic nitrogens is 1. The Labute approximate surface area is 135 Å².